The molecule has 0 fully saturated rings. The summed E-state index contributed by atoms with van der Waals surface area (Å²) in [6, 6.07) is 14.3. The van der Waals surface area contributed by atoms with E-state index in [2.05, 4.69) is 10.6 Å². The van der Waals surface area contributed by atoms with Gasteiger partial charge in [0.05, 0.1) is 5.69 Å². The van der Waals surface area contributed by atoms with Crippen molar-refractivity contribution in [1.29, 1.82) is 5.26 Å². The number of carbonyl (C=O) groups excluding carboxylic acids is 1. The van der Waals surface area contributed by atoms with E-state index in [9.17, 15) is 14.3 Å². The highest BCUT2D eigenvalue weighted by atomic mass is 19.1. The van der Waals surface area contributed by atoms with E-state index in [1.165, 1.54) is 30.5 Å². The Balaban J connectivity index is 1.90. The van der Waals surface area contributed by atoms with E-state index in [0.29, 0.717) is 13.0 Å². The zero-order valence-electron chi connectivity index (χ0n) is 12.8. The van der Waals surface area contributed by atoms with E-state index in [1.807, 2.05) is 0 Å². The number of halogens is 1. The molecule has 2 rings (SSSR count). The molecule has 5 nitrogen and oxygen atoms in total. The Morgan fingerprint density at radius 3 is 2.75 bits per heavy atom. The molecule has 0 aromatic heterocycles. The molecule has 24 heavy (non-hydrogen) atoms. The summed E-state index contributed by atoms with van der Waals surface area (Å²) in [5.41, 5.74) is 0.911. The molecule has 0 saturated carbocycles. The smallest absolute Gasteiger partial charge is 0.267 e. The van der Waals surface area contributed by atoms with Crippen LogP contribution in [0.4, 0.5) is 10.1 Å². The van der Waals surface area contributed by atoms with Gasteiger partial charge in [-0.05, 0) is 36.2 Å². The molecule has 0 aliphatic rings. The number of hydrogen-bond acceptors (Lipinski definition) is 4. The Morgan fingerprint density at radius 1 is 1.25 bits per heavy atom. The second kappa shape index (κ2) is 8.34. The Kier molecular flexibility index (Phi) is 5.92. The molecule has 0 spiro atoms. The number of nitrogens with one attached hydrogen (secondary N) is 2. The largest absolute Gasteiger partial charge is 0.506 e. The number of phenols is 1. The average molecular weight is 325 g/mol. The quantitative estimate of drug-likeness (QED) is 0.330. The Morgan fingerprint density at radius 2 is 2.04 bits per heavy atom. The van der Waals surface area contributed by atoms with Crippen molar-refractivity contribution >= 4 is 11.6 Å². The maximum atomic E-state index is 13.1. The summed E-state index contributed by atoms with van der Waals surface area (Å²) in [5, 5.41) is 24.0. The lowest BCUT2D eigenvalue weighted by Gasteiger charge is -2.07. The van der Waals surface area contributed by atoms with Gasteiger partial charge in [0, 0.05) is 12.7 Å². The molecule has 2 aromatic carbocycles. The first-order chi connectivity index (χ1) is 11.6. The van der Waals surface area contributed by atoms with E-state index in [1.54, 1.807) is 30.3 Å². The van der Waals surface area contributed by atoms with Gasteiger partial charge in [-0.25, -0.2) is 4.39 Å². The van der Waals surface area contributed by atoms with Gasteiger partial charge in [0.25, 0.3) is 5.91 Å². The molecule has 0 aliphatic heterocycles. The molecule has 0 bridgehead atoms. The highest BCUT2D eigenvalue weighted by Gasteiger charge is 2.10. The van der Waals surface area contributed by atoms with Crippen molar-refractivity contribution in [3.05, 3.63) is 71.7 Å². The summed E-state index contributed by atoms with van der Waals surface area (Å²) in [4.78, 5) is 12.0. The molecule has 0 radical (unpaired) electrons. The lowest BCUT2D eigenvalue weighted by atomic mass is 10.1. The van der Waals surface area contributed by atoms with Gasteiger partial charge >= 0.3 is 0 Å². The minimum atomic E-state index is -0.628. The number of anilines is 1. The topological polar surface area (TPSA) is 85.2 Å². The summed E-state index contributed by atoms with van der Waals surface area (Å²) in [6.07, 6.45) is 1.85. The van der Waals surface area contributed by atoms with Crippen LogP contribution in [0.5, 0.6) is 5.75 Å². The standard InChI is InChI=1S/C18H16FN3O2/c19-15-5-3-4-13(10-15)8-9-21-12-14(11-20)18(24)22-16-6-1-2-7-17(16)23/h1-7,10,12,21,23H,8-9H2,(H,22,24)/b14-12-. The van der Waals surface area contributed by atoms with Gasteiger partial charge in [0.15, 0.2) is 0 Å². The molecule has 0 unspecified atom stereocenters. The van der Waals surface area contributed by atoms with Crippen LogP contribution < -0.4 is 10.6 Å². The first-order valence-electron chi connectivity index (χ1n) is 7.27. The normalized spacial score (nSPS) is 10.8. The predicted molar refractivity (Wildman–Crippen MR) is 88.5 cm³/mol. The van der Waals surface area contributed by atoms with Crippen LogP contribution in [-0.2, 0) is 11.2 Å². The zero-order chi connectivity index (χ0) is 17.4. The number of amides is 1. The molecule has 6 heteroatoms. The van der Waals surface area contributed by atoms with Crippen molar-refractivity contribution in [3.63, 3.8) is 0 Å². The van der Waals surface area contributed by atoms with Gasteiger partial charge in [0.1, 0.15) is 23.2 Å². The third-order valence-electron chi connectivity index (χ3n) is 3.21. The van der Waals surface area contributed by atoms with Crippen molar-refractivity contribution in [1.82, 2.24) is 5.32 Å². The lowest BCUT2D eigenvalue weighted by Crippen LogP contribution is -2.18. The number of carbonyl (C=O) groups is 1. The molecular weight excluding hydrogens is 309 g/mol. The summed E-state index contributed by atoms with van der Waals surface area (Å²) in [5.74, 6) is -1.01. The predicted octanol–water partition coefficient (Wildman–Crippen LogP) is 2.71. The molecule has 2 aromatic rings. The minimum absolute atomic E-state index is 0.0813. The monoisotopic (exact) mass is 325 g/mol. The molecule has 1 amide bonds. The first kappa shape index (κ1) is 17.0. The molecule has 122 valence electrons. The summed E-state index contributed by atoms with van der Waals surface area (Å²) < 4.78 is 13.1. The highest BCUT2D eigenvalue weighted by molar-refractivity contribution is 6.07. The third kappa shape index (κ3) is 4.85. The van der Waals surface area contributed by atoms with Crippen LogP contribution in [-0.4, -0.2) is 17.6 Å². The second-order valence-corrected chi connectivity index (χ2v) is 4.98. The molecule has 0 atom stereocenters. The fraction of sp³-hybridized carbons (Fsp3) is 0.111. The number of para-hydroxylation sites is 2. The minimum Gasteiger partial charge on any atom is -0.506 e. The molecule has 0 heterocycles. The van der Waals surface area contributed by atoms with Crippen LogP contribution in [0.3, 0.4) is 0 Å². The maximum absolute atomic E-state index is 13.1. The van der Waals surface area contributed by atoms with Crippen LogP contribution in [0.15, 0.2) is 60.3 Å². The van der Waals surface area contributed by atoms with Crippen LogP contribution in [0.1, 0.15) is 5.56 Å². The number of aromatic hydroxyl groups is 1. The van der Waals surface area contributed by atoms with Crippen molar-refractivity contribution in [2.24, 2.45) is 0 Å². The van der Waals surface area contributed by atoms with Gasteiger partial charge in [-0.2, -0.15) is 5.26 Å². The Labute approximate surface area is 139 Å². The van der Waals surface area contributed by atoms with E-state index < -0.39 is 5.91 Å². The van der Waals surface area contributed by atoms with Gasteiger partial charge in [-0.1, -0.05) is 24.3 Å². The SMILES string of the molecule is N#C/C(=C/NCCc1cccc(F)c1)C(=O)Nc1ccccc1O. The summed E-state index contributed by atoms with van der Waals surface area (Å²) >= 11 is 0. The van der Waals surface area contributed by atoms with E-state index in [0.717, 1.165) is 5.56 Å². The van der Waals surface area contributed by atoms with Crippen molar-refractivity contribution in [2.45, 2.75) is 6.42 Å². The fourth-order valence-corrected chi connectivity index (χ4v) is 2.00. The van der Waals surface area contributed by atoms with Gasteiger partial charge in [-0.15, -0.1) is 0 Å². The van der Waals surface area contributed by atoms with Crippen LogP contribution >= 0.6 is 0 Å². The number of phenolic OH excluding ortho intramolecular Hbond substituents is 1. The lowest BCUT2D eigenvalue weighted by molar-refractivity contribution is -0.112. The second-order valence-electron chi connectivity index (χ2n) is 4.98. The van der Waals surface area contributed by atoms with E-state index in [4.69, 9.17) is 5.26 Å². The van der Waals surface area contributed by atoms with Crippen LogP contribution in [0.2, 0.25) is 0 Å². The number of benzene rings is 2. The molecule has 0 aliphatic carbocycles. The van der Waals surface area contributed by atoms with E-state index >= 15 is 0 Å². The summed E-state index contributed by atoms with van der Waals surface area (Å²) in [6.45, 7) is 0.443. The average Bonchev–Trinajstić information content (AvgIpc) is 2.57. The number of nitriles is 1. The highest BCUT2D eigenvalue weighted by Crippen LogP contribution is 2.21. The first-order valence-corrected chi connectivity index (χ1v) is 7.27. The third-order valence-corrected chi connectivity index (χ3v) is 3.21. The Hall–Kier alpha value is -3.33. The number of hydrogen-bond donors (Lipinski definition) is 3. The van der Waals surface area contributed by atoms with Gasteiger partial charge in [0.2, 0.25) is 0 Å². The van der Waals surface area contributed by atoms with Crippen molar-refractivity contribution in [2.75, 3.05) is 11.9 Å². The van der Waals surface area contributed by atoms with Crippen LogP contribution in [0.25, 0.3) is 0 Å². The van der Waals surface area contributed by atoms with E-state index in [-0.39, 0.29) is 22.8 Å². The number of rotatable bonds is 6. The maximum Gasteiger partial charge on any atom is 0.267 e. The van der Waals surface area contributed by atoms with Gasteiger partial charge < -0.3 is 15.7 Å². The fourth-order valence-electron chi connectivity index (χ4n) is 2.00. The zero-order valence-corrected chi connectivity index (χ0v) is 12.8. The molecular formula is C18H16FN3O2. The van der Waals surface area contributed by atoms with Crippen molar-refractivity contribution in [3.8, 4) is 11.8 Å². The molecule has 0 saturated heterocycles. The molecule has 3 N–H and O–H groups in total. The number of nitrogens with zero attached hydrogens (tertiary/aromatic N) is 1. The Bertz CT molecular complexity index is 797. The summed E-state index contributed by atoms with van der Waals surface area (Å²) in [7, 11) is 0. The van der Waals surface area contributed by atoms with Crippen molar-refractivity contribution < 1.29 is 14.3 Å². The van der Waals surface area contributed by atoms with Gasteiger partial charge in [-0.3, -0.25) is 4.79 Å². The van der Waals surface area contributed by atoms with Crippen LogP contribution in [0, 0.1) is 17.1 Å².